The first-order valence-corrected chi connectivity index (χ1v) is 7.12. The fourth-order valence-electron chi connectivity index (χ4n) is 1.11. The SMILES string of the molecule is OCc1ccc(Cl)cc1N=c1ssnc1Cl. The van der Waals surface area contributed by atoms with Crippen LogP contribution in [0.5, 0.6) is 0 Å². The van der Waals surface area contributed by atoms with E-state index in [1.54, 1.807) is 18.2 Å². The third-order valence-corrected chi connectivity index (χ3v) is 4.26. The predicted octanol–water partition coefficient (Wildman–Crippen LogP) is 3.24. The van der Waals surface area contributed by atoms with Crippen molar-refractivity contribution in [3.63, 3.8) is 0 Å². The van der Waals surface area contributed by atoms with Gasteiger partial charge in [0.25, 0.3) is 0 Å². The molecule has 0 saturated heterocycles. The Bertz CT molecular complexity index is 565. The van der Waals surface area contributed by atoms with E-state index >= 15 is 0 Å². The van der Waals surface area contributed by atoms with E-state index in [1.807, 2.05) is 0 Å². The first kappa shape index (κ1) is 12.0. The number of aliphatic hydroxyl groups is 1. The average molecular weight is 293 g/mol. The van der Waals surface area contributed by atoms with E-state index < -0.39 is 0 Å². The number of hydrogen-bond donors (Lipinski definition) is 1. The minimum absolute atomic E-state index is 0.0874. The standard InChI is InChI=1S/C9H6Cl2N2OS2/c10-6-2-1-5(4-14)7(3-6)12-9-8(11)13-16-15-9/h1-3,14H,4H2. The number of halogens is 2. The van der Waals surface area contributed by atoms with Gasteiger partial charge < -0.3 is 5.11 Å². The molecular weight excluding hydrogens is 287 g/mol. The third-order valence-electron chi connectivity index (χ3n) is 1.85. The van der Waals surface area contributed by atoms with Crippen LogP contribution < -0.4 is 4.67 Å². The zero-order chi connectivity index (χ0) is 11.5. The molecule has 84 valence electrons. The first-order valence-electron chi connectivity index (χ1n) is 4.26. The highest BCUT2D eigenvalue weighted by Crippen LogP contribution is 2.24. The largest absolute Gasteiger partial charge is 0.392 e. The van der Waals surface area contributed by atoms with E-state index in [9.17, 15) is 0 Å². The molecule has 0 aliphatic carbocycles. The summed E-state index contributed by atoms with van der Waals surface area (Å²) in [5.41, 5.74) is 1.33. The van der Waals surface area contributed by atoms with Crippen LogP contribution in [0.25, 0.3) is 0 Å². The molecule has 7 heteroatoms. The van der Waals surface area contributed by atoms with Crippen LogP contribution in [0.4, 0.5) is 5.69 Å². The van der Waals surface area contributed by atoms with E-state index in [0.717, 1.165) is 0 Å². The van der Waals surface area contributed by atoms with Gasteiger partial charge >= 0.3 is 0 Å². The summed E-state index contributed by atoms with van der Waals surface area (Å²) in [7, 11) is 2.65. The van der Waals surface area contributed by atoms with Crippen molar-refractivity contribution in [1.29, 1.82) is 0 Å². The molecule has 3 nitrogen and oxygen atoms in total. The van der Waals surface area contributed by atoms with Gasteiger partial charge in [-0.25, -0.2) is 4.99 Å². The highest BCUT2D eigenvalue weighted by Gasteiger charge is 2.03. The Morgan fingerprint density at radius 3 is 2.81 bits per heavy atom. The van der Waals surface area contributed by atoms with Crippen LogP contribution in [0, 0.1) is 0 Å². The molecule has 0 spiro atoms. The van der Waals surface area contributed by atoms with E-state index in [0.29, 0.717) is 26.1 Å². The zero-order valence-corrected chi connectivity index (χ0v) is 11.0. The van der Waals surface area contributed by atoms with Gasteiger partial charge in [0, 0.05) is 21.1 Å². The van der Waals surface area contributed by atoms with Gasteiger partial charge in [-0.2, -0.15) is 4.37 Å². The molecule has 1 N–H and O–H groups in total. The average Bonchev–Trinajstić information content (AvgIpc) is 2.65. The van der Waals surface area contributed by atoms with Crippen LogP contribution in [0.15, 0.2) is 23.2 Å². The fourth-order valence-corrected chi connectivity index (χ4v) is 3.26. The molecule has 0 radical (unpaired) electrons. The van der Waals surface area contributed by atoms with Crippen molar-refractivity contribution in [3.05, 3.63) is 38.6 Å². The number of benzene rings is 1. The van der Waals surface area contributed by atoms with Crippen molar-refractivity contribution >= 4 is 49.8 Å². The first-order chi connectivity index (χ1) is 7.70. The maximum Gasteiger partial charge on any atom is 0.179 e. The predicted molar refractivity (Wildman–Crippen MR) is 67.6 cm³/mol. The van der Waals surface area contributed by atoms with Crippen molar-refractivity contribution in [2.45, 2.75) is 6.61 Å². The summed E-state index contributed by atoms with van der Waals surface area (Å²) in [6.45, 7) is -0.0874. The summed E-state index contributed by atoms with van der Waals surface area (Å²) < 4.78 is 4.56. The van der Waals surface area contributed by atoms with Crippen molar-refractivity contribution in [2.24, 2.45) is 4.99 Å². The van der Waals surface area contributed by atoms with Crippen molar-refractivity contribution in [3.8, 4) is 0 Å². The van der Waals surface area contributed by atoms with Gasteiger partial charge in [0.2, 0.25) is 0 Å². The molecule has 1 aromatic heterocycles. The molecule has 0 aliphatic heterocycles. The lowest BCUT2D eigenvalue weighted by Gasteiger charge is -2.01. The second-order valence-electron chi connectivity index (χ2n) is 2.89. The summed E-state index contributed by atoms with van der Waals surface area (Å²) in [5, 5.41) is 10.1. The topological polar surface area (TPSA) is 45.5 Å². The maximum atomic E-state index is 9.16. The van der Waals surface area contributed by atoms with Gasteiger partial charge in [-0.1, -0.05) is 29.3 Å². The Morgan fingerprint density at radius 1 is 1.38 bits per heavy atom. The van der Waals surface area contributed by atoms with Crippen LogP contribution in [-0.4, -0.2) is 9.48 Å². The Morgan fingerprint density at radius 2 is 2.19 bits per heavy atom. The van der Waals surface area contributed by atoms with Gasteiger partial charge in [-0.3, -0.25) is 0 Å². The van der Waals surface area contributed by atoms with Crippen LogP contribution in [-0.2, 0) is 6.61 Å². The van der Waals surface area contributed by atoms with Crippen molar-refractivity contribution in [2.75, 3.05) is 0 Å². The second kappa shape index (κ2) is 5.25. The molecule has 2 aromatic rings. The third kappa shape index (κ3) is 2.61. The van der Waals surface area contributed by atoms with E-state index in [4.69, 9.17) is 28.3 Å². The highest BCUT2D eigenvalue weighted by atomic mass is 35.5. The Labute approximate surface area is 109 Å². The molecule has 2 rings (SSSR count). The van der Waals surface area contributed by atoms with Gasteiger partial charge in [0.1, 0.15) is 0 Å². The highest BCUT2D eigenvalue weighted by molar-refractivity contribution is 7.66. The monoisotopic (exact) mass is 292 g/mol. The molecule has 0 atom stereocenters. The van der Waals surface area contributed by atoms with Crippen molar-refractivity contribution < 1.29 is 5.11 Å². The van der Waals surface area contributed by atoms with Crippen LogP contribution >= 0.6 is 44.1 Å². The molecular formula is C9H6Cl2N2OS2. The van der Waals surface area contributed by atoms with Crippen LogP contribution in [0.2, 0.25) is 10.2 Å². The maximum absolute atomic E-state index is 9.16. The normalized spacial score (nSPS) is 12.1. The summed E-state index contributed by atoms with van der Waals surface area (Å²) in [4.78, 5) is 4.32. The number of aliphatic hydroxyl groups excluding tert-OH is 1. The molecule has 16 heavy (non-hydrogen) atoms. The molecule has 1 aromatic carbocycles. The quantitative estimate of drug-likeness (QED) is 0.864. The molecule has 0 saturated carbocycles. The molecule has 0 unspecified atom stereocenters. The molecule has 0 aliphatic rings. The summed E-state index contributed by atoms with van der Waals surface area (Å²) in [5.74, 6) is 0. The van der Waals surface area contributed by atoms with Crippen molar-refractivity contribution in [1.82, 2.24) is 4.37 Å². The Balaban J connectivity index is 2.57. The number of aromatic nitrogens is 1. The van der Waals surface area contributed by atoms with Crippen LogP contribution in [0.1, 0.15) is 5.56 Å². The molecule has 0 bridgehead atoms. The lowest BCUT2D eigenvalue weighted by Crippen LogP contribution is -1.94. The summed E-state index contributed by atoms with van der Waals surface area (Å²) in [6, 6.07) is 5.14. The fraction of sp³-hybridized carbons (Fsp3) is 0.111. The lowest BCUT2D eigenvalue weighted by molar-refractivity contribution is 0.282. The summed E-state index contributed by atoms with van der Waals surface area (Å²) in [6.07, 6.45) is 0. The minimum Gasteiger partial charge on any atom is -0.392 e. The summed E-state index contributed by atoms with van der Waals surface area (Å²) >= 11 is 11.7. The smallest absolute Gasteiger partial charge is 0.179 e. The van der Waals surface area contributed by atoms with Gasteiger partial charge in [-0.05, 0) is 22.5 Å². The second-order valence-corrected chi connectivity index (χ2v) is 5.51. The van der Waals surface area contributed by atoms with E-state index in [-0.39, 0.29) is 6.61 Å². The van der Waals surface area contributed by atoms with E-state index in [2.05, 4.69) is 9.37 Å². The Hall–Kier alpha value is -0.460. The molecule has 1 heterocycles. The molecule has 0 fully saturated rings. The van der Waals surface area contributed by atoms with Gasteiger partial charge in [0.05, 0.1) is 12.3 Å². The number of hydrogen-bond acceptors (Lipinski definition) is 5. The molecule has 0 amide bonds. The van der Waals surface area contributed by atoms with Gasteiger partial charge in [0.15, 0.2) is 9.82 Å². The lowest BCUT2D eigenvalue weighted by atomic mass is 10.2. The van der Waals surface area contributed by atoms with Crippen LogP contribution in [0.3, 0.4) is 0 Å². The van der Waals surface area contributed by atoms with Gasteiger partial charge in [-0.15, -0.1) is 0 Å². The number of rotatable bonds is 2. The van der Waals surface area contributed by atoms with E-state index in [1.165, 1.54) is 20.9 Å². The minimum atomic E-state index is -0.0874. The number of nitrogens with zero attached hydrogens (tertiary/aromatic N) is 2. The Kier molecular flexibility index (Phi) is 3.94. The zero-order valence-electron chi connectivity index (χ0n) is 7.85.